The Kier molecular flexibility index (Phi) is 3.61. The Morgan fingerprint density at radius 2 is 2.38 bits per heavy atom. The molecule has 1 heterocycles. The third kappa shape index (κ3) is 2.62. The summed E-state index contributed by atoms with van der Waals surface area (Å²) in [5.41, 5.74) is 1.76. The van der Waals surface area contributed by atoms with Crippen LogP contribution in [0.25, 0.3) is 0 Å². The van der Waals surface area contributed by atoms with Crippen LogP contribution in [-0.4, -0.2) is 25.0 Å². The molecule has 0 radical (unpaired) electrons. The van der Waals surface area contributed by atoms with Crippen LogP contribution in [-0.2, 0) is 0 Å². The molecular weight excluding hydrogens is 268 g/mol. The molecule has 0 unspecified atom stereocenters. The average Bonchev–Trinajstić information content (AvgIpc) is 2.74. The van der Waals surface area contributed by atoms with E-state index in [1.54, 1.807) is 0 Å². The average molecular weight is 283 g/mol. The summed E-state index contributed by atoms with van der Waals surface area (Å²) in [6, 6.07) is 6.04. The number of nitrogens with one attached hydrogen (secondary N) is 2. The van der Waals surface area contributed by atoms with Crippen LogP contribution in [0.5, 0.6) is 0 Å². The number of carbonyl (C=O) groups excluding carboxylic acids is 1. The fourth-order valence-electron chi connectivity index (χ4n) is 1.88. The van der Waals surface area contributed by atoms with Gasteiger partial charge in [0.25, 0.3) is 5.91 Å². The second kappa shape index (κ2) is 4.97. The maximum atomic E-state index is 12.0. The van der Waals surface area contributed by atoms with Crippen LogP contribution in [0.3, 0.4) is 0 Å². The number of hydrogen-bond donors (Lipinski definition) is 2. The van der Waals surface area contributed by atoms with Crippen molar-refractivity contribution in [1.82, 2.24) is 10.6 Å². The Morgan fingerprint density at radius 3 is 3.06 bits per heavy atom. The minimum atomic E-state index is 0.0208. The van der Waals surface area contributed by atoms with Crippen molar-refractivity contribution >= 4 is 21.8 Å². The summed E-state index contributed by atoms with van der Waals surface area (Å²) < 4.78 is 0.938. The van der Waals surface area contributed by atoms with E-state index in [4.69, 9.17) is 0 Å². The van der Waals surface area contributed by atoms with Crippen LogP contribution in [0, 0.1) is 6.92 Å². The smallest absolute Gasteiger partial charge is 0.251 e. The van der Waals surface area contributed by atoms with Crippen molar-refractivity contribution in [3.05, 3.63) is 33.8 Å². The quantitative estimate of drug-likeness (QED) is 0.869. The molecule has 0 saturated carbocycles. The largest absolute Gasteiger partial charge is 0.348 e. The summed E-state index contributed by atoms with van der Waals surface area (Å²) in [6.07, 6.45) is 1.01. The normalized spacial score (nSPS) is 19.8. The maximum Gasteiger partial charge on any atom is 0.251 e. The first-order chi connectivity index (χ1) is 7.66. The van der Waals surface area contributed by atoms with Crippen molar-refractivity contribution in [2.45, 2.75) is 19.4 Å². The van der Waals surface area contributed by atoms with E-state index >= 15 is 0 Å². The second-order valence-electron chi connectivity index (χ2n) is 4.12. The molecule has 16 heavy (non-hydrogen) atoms. The van der Waals surface area contributed by atoms with E-state index in [0.717, 1.165) is 35.1 Å². The Labute approximate surface area is 104 Å². The lowest BCUT2D eigenvalue weighted by molar-refractivity contribution is 0.0939. The number of carbonyl (C=O) groups is 1. The van der Waals surface area contributed by atoms with Gasteiger partial charge >= 0.3 is 0 Å². The number of aryl methyl sites for hydroxylation is 1. The van der Waals surface area contributed by atoms with E-state index in [1.165, 1.54) is 0 Å². The van der Waals surface area contributed by atoms with Crippen LogP contribution in [0.15, 0.2) is 22.7 Å². The standard InChI is InChI=1S/C12H15BrN2O/c1-8-2-3-9(13)6-11(8)12(16)15-10-4-5-14-7-10/h2-3,6,10,14H,4-5,7H2,1H3,(H,15,16)/t10-/m0/s1. The van der Waals surface area contributed by atoms with Crippen molar-refractivity contribution in [2.75, 3.05) is 13.1 Å². The molecule has 0 aliphatic carbocycles. The van der Waals surface area contributed by atoms with Crippen molar-refractivity contribution in [2.24, 2.45) is 0 Å². The number of benzene rings is 1. The monoisotopic (exact) mass is 282 g/mol. The third-order valence-corrected chi connectivity index (χ3v) is 3.33. The Hall–Kier alpha value is -0.870. The second-order valence-corrected chi connectivity index (χ2v) is 5.04. The van der Waals surface area contributed by atoms with Crippen molar-refractivity contribution in [1.29, 1.82) is 0 Å². The molecule has 2 rings (SSSR count). The van der Waals surface area contributed by atoms with Gasteiger partial charge in [0.1, 0.15) is 0 Å². The van der Waals surface area contributed by atoms with E-state index in [2.05, 4.69) is 26.6 Å². The van der Waals surface area contributed by atoms with Gasteiger partial charge in [-0.05, 0) is 37.6 Å². The van der Waals surface area contributed by atoms with E-state index in [1.807, 2.05) is 25.1 Å². The van der Waals surface area contributed by atoms with Gasteiger partial charge in [-0.3, -0.25) is 4.79 Å². The number of halogens is 1. The zero-order chi connectivity index (χ0) is 11.5. The van der Waals surface area contributed by atoms with Crippen molar-refractivity contribution in [3.63, 3.8) is 0 Å². The fraction of sp³-hybridized carbons (Fsp3) is 0.417. The molecule has 1 aliphatic rings. The van der Waals surface area contributed by atoms with Gasteiger partial charge in [0.05, 0.1) is 0 Å². The van der Waals surface area contributed by atoms with E-state index < -0.39 is 0 Å². The number of rotatable bonds is 2. The summed E-state index contributed by atoms with van der Waals surface area (Å²) in [6.45, 7) is 3.81. The number of hydrogen-bond acceptors (Lipinski definition) is 2. The van der Waals surface area contributed by atoms with Gasteiger partial charge in [0, 0.05) is 22.6 Å². The topological polar surface area (TPSA) is 41.1 Å². The number of amides is 1. The summed E-state index contributed by atoms with van der Waals surface area (Å²) in [4.78, 5) is 12.0. The van der Waals surface area contributed by atoms with Gasteiger partial charge in [-0.2, -0.15) is 0 Å². The van der Waals surface area contributed by atoms with Gasteiger partial charge in [-0.1, -0.05) is 22.0 Å². The molecule has 1 aromatic rings. The van der Waals surface area contributed by atoms with Gasteiger partial charge in [0.2, 0.25) is 0 Å². The van der Waals surface area contributed by atoms with E-state index in [0.29, 0.717) is 0 Å². The molecule has 2 N–H and O–H groups in total. The molecule has 1 amide bonds. The Morgan fingerprint density at radius 1 is 1.56 bits per heavy atom. The molecule has 1 aliphatic heterocycles. The lowest BCUT2D eigenvalue weighted by Gasteiger charge is -2.12. The summed E-state index contributed by atoms with van der Waals surface area (Å²) in [5.74, 6) is 0.0208. The Bertz CT molecular complexity index is 400. The zero-order valence-corrected chi connectivity index (χ0v) is 10.8. The molecule has 1 saturated heterocycles. The highest BCUT2D eigenvalue weighted by atomic mass is 79.9. The van der Waals surface area contributed by atoms with Crippen molar-refractivity contribution < 1.29 is 4.79 Å². The lowest BCUT2D eigenvalue weighted by Crippen LogP contribution is -2.36. The predicted octanol–water partition coefficient (Wildman–Crippen LogP) is 1.85. The molecule has 1 aromatic carbocycles. The summed E-state index contributed by atoms with van der Waals surface area (Å²) in [5, 5.41) is 6.27. The van der Waals surface area contributed by atoms with Gasteiger partial charge in [-0.15, -0.1) is 0 Å². The minimum absolute atomic E-state index is 0.0208. The first-order valence-corrected chi connectivity index (χ1v) is 6.24. The van der Waals surface area contributed by atoms with Crippen LogP contribution in [0.2, 0.25) is 0 Å². The molecule has 0 spiro atoms. The van der Waals surface area contributed by atoms with Crippen molar-refractivity contribution in [3.8, 4) is 0 Å². The maximum absolute atomic E-state index is 12.0. The summed E-state index contributed by atoms with van der Waals surface area (Å²) in [7, 11) is 0. The highest BCUT2D eigenvalue weighted by Gasteiger charge is 2.18. The summed E-state index contributed by atoms with van der Waals surface area (Å²) >= 11 is 3.38. The minimum Gasteiger partial charge on any atom is -0.348 e. The van der Waals surface area contributed by atoms with Crippen LogP contribution >= 0.6 is 15.9 Å². The SMILES string of the molecule is Cc1ccc(Br)cc1C(=O)N[C@H]1CCNC1. The first-order valence-electron chi connectivity index (χ1n) is 5.44. The van der Waals surface area contributed by atoms with Crippen LogP contribution in [0.1, 0.15) is 22.3 Å². The molecular formula is C12H15BrN2O. The van der Waals surface area contributed by atoms with Gasteiger partial charge in [0.15, 0.2) is 0 Å². The molecule has 86 valence electrons. The van der Waals surface area contributed by atoms with Crippen LogP contribution in [0.4, 0.5) is 0 Å². The molecule has 1 atom stereocenters. The van der Waals surface area contributed by atoms with Gasteiger partial charge in [-0.25, -0.2) is 0 Å². The lowest BCUT2D eigenvalue weighted by atomic mass is 10.1. The van der Waals surface area contributed by atoms with Gasteiger partial charge < -0.3 is 10.6 Å². The molecule has 0 bridgehead atoms. The third-order valence-electron chi connectivity index (χ3n) is 2.84. The fourth-order valence-corrected chi connectivity index (χ4v) is 2.24. The first kappa shape index (κ1) is 11.6. The molecule has 0 aromatic heterocycles. The van der Waals surface area contributed by atoms with Crippen LogP contribution < -0.4 is 10.6 Å². The highest BCUT2D eigenvalue weighted by Crippen LogP contribution is 2.16. The molecule has 1 fully saturated rings. The Balaban J connectivity index is 2.10. The molecule has 4 heteroatoms. The zero-order valence-electron chi connectivity index (χ0n) is 9.22. The highest BCUT2D eigenvalue weighted by molar-refractivity contribution is 9.10. The van der Waals surface area contributed by atoms with E-state index in [-0.39, 0.29) is 11.9 Å². The predicted molar refractivity (Wildman–Crippen MR) is 67.6 cm³/mol. The molecule has 3 nitrogen and oxygen atoms in total. The van der Waals surface area contributed by atoms with E-state index in [9.17, 15) is 4.79 Å².